The monoisotopic (exact) mass is 288 g/mol. The number of carbonyl (C=O) groups is 1. The molecule has 0 spiro atoms. The number of furan rings is 1. The summed E-state index contributed by atoms with van der Waals surface area (Å²) in [5, 5.41) is 5.41. The van der Waals surface area contributed by atoms with Crippen LogP contribution in [-0.4, -0.2) is 11.0 Å². The van der Waals surface area contributed by atoms with Gasteiger partial charge in [0, 0.05) is 6.08 Å². The molecule has 20 heavy (non-hydrogen) atoms. The van der Waals surface area contributed by atoms with E-state index in [1.54, 1.807) is 30.3 Å². The molecule has 0 unspecified atom stereocenters. The number of amides is 1. The van der Waals surface area contributed by atoms with Gasteiger partial charge in [0.15, 0.2) is 5.11 Å². The van der Waals surface area contributed by atoms with Crippen molar-refractivity contribution in [3.8, 4) is 11.3 Å². The van der Waals surface area contributed by atoms with E-state index in [1.165, 1.54) is 12.1 Å². The first-order chi connectivity index (χ1) is 9.63. The van der Waals surface area contributed by atoms with E-state index in [2.05, 4.69) is 10.6 Å². The summed E-state index contributed by atoms with van der Waals surface area (Å²) in [7, 11) is 0. The van der Waals surface area contributed by atoms with Crippen molar-refractivity contribution in [2.45, 2.75) is 0 Å². The molecule has 0 saturated carbocycles. The molecule has 0 bridgehead atoms. The van der Waals surface area contributed by atoms with Crippen molar-refractivity contribution in [3.05, 3.63) is 53.7 Å². The molecule has 2 heterocycles. The molecular weight excluding hydrogens is 279 g/mol. The van der Waals surface area contributed by atoms with Crippen LogP contribution in [0.4, 0.5) is 4.39 Å². The number of hydrogen-bond acceptors (Lipinski definition) is 3. The summed E-state index contributed by atoms with van der Waals surface area (Å²) >= 11 is 4.82. The highest BCUT2D eigenvalue weighted by atomic mass is 32.1. The van der Waals surface area contributed by atoms with E-state index in [0.717, 1.165) is 0 Å². The fourth-order valence-corrected chi connectivity index (χ4v) is 2.06. The summed E-state index contributed by atoms with van der Waals surface area (Å²) in [6, 6.07) is 9.63. The Hall–Kier alpha value is -2.47. The van der Waals surface area contributed by atoms with Gasteiger partial charge in [0.05, 0.1) is 5.56 Å². The summed E-state index contributed by atoms with van der Waals surface area (Å²) < 4.78 is 19.2. The maximum absolute atomic E-state index is 13.6. The highest BCUT2D eigenvalue weighted by molar-refractivity contribution is 7.80. The molecular formula is C14H9FN2O2S. The van der Waals surface area contributed by atoms with Crippen LogP contribution in [0.5, 0.6) is 0 Å². The fraction of sp³-hybridized carbons (Fsp3) is 0. The molecule has 1 aliphatic heterocycles. The standard InChI is InChI=1S/C14H9FN2O2S/c15-10-4-2-1-3-9(10)12-6-5-8(19-12)7-11-13(18)17-14(20)16-11/h1-7H,(H2,16,17,18,20). The number of thiocarbonyl (C=S) groups is 1. The van der Waals surface area contributed by atoms with Crippen molar-refractivity contribution in [2.24, 2.45) is 0 Å². The summed E-state index contributed by atoms with van der Waals surface area (Å²) in [6.07, 6.45) is 1.51. The number of rotatable bonds is 2. The average Bonchev–Trinajstić information content (AvgIpc) is 2.98. The number of nitrogens with one attached hydrogen (secondary N) is 2. The van der Waals surface area contributed by atoms with Crippen LogP contribution in [0.15, 0.2) is 46.5 Å². The van der Waals surface area contributed by atoms with Crippen LogP contribution in [0, 0.1) is 5.82 Å². The SMILES string of the molecule is O=C1NC(=S)NC1=Cc1ccc(-c2ccccc2F)o1. The van der Waals surface area contributed by atoms with Crippen LogP contribution < -0.4 is 10.6 Å². The quantitative estimate of drug-likeness (QED) is 0.658. The lowest BCUT2D eigenvalue weighted by atomic mass is 10.1. The fourth-order valence-electron chi connectivity index (χ4n) is 1.86. The number of carbonyl (C=O) groups excluding carboxylic acids is 1. The van der Waals surface area contributed by atoms with E-state index in [-0.39, 0.29) is 16.8 Å². The summed E-state index contributed by atoms with van der Waals surface area (Å²) in [6.45, 7) is 0. The number of hydrogen-bond donors (Lipinski definition) is 2. The predicted molar refractivity (Wildman–Crippen MR) is 76.0 cm³/mol. The zero-order valence-corrected chi connectivity index (χ0v) is 11.0. The molecule has 1 amide bonds. The predicted octanol–water partition coefficient (Wildman–Crippen LogP) is 2.43. The molecule has 1 fully saturated rings. The third kappa shape index (κ3) is 2.33. The van der Waals surface area contributed by atoms with Crippen LogP contribution in [0.25, 0.3) is 17.4 Å². The highest BCUT2D eigenvalue weighted by Gasteiger charge is 2.20. The van der Waals surface area contributed by atoms with Crippen molar-refractivity contribution in [1.82, 2.24) is 10.6 Å². The molecule has 1 aliphatic rings. The minimum atomic E-state index is -0.362. The second-order valence-electron chi connectivity index (χ2n) is 4.15. The largest absolute Gasteiger partial charge is 0.457 e. The zero-order valence-electron chi connectivity index (χ0n) is 10.1. The molecule has 1 aromatic heterocycles. The first-order valence-electron chi connectivity index (χ1n) is 5.82. The van der Waals surface area contributed by atoms with E-state index in [9.17, 15) is 9.18 Å². The highest BCUT2D eigenvalue weighted by Crippen LogP contribution is 2.25. The summed E-state index contributed by atoms with van der Waals surface area (Å²) in [4.78, 5) is 11.5. The Kier molecular flexibility index (Phi) is 3.08. The molecule has 2 aromatic rings. The Morgan fingerprint density at radius 1 is 1.15 bits per heavy atom. The molecule has 6 heteroatoms. The lowest BCUT2D eigenvalue weighted by Gasteiger charge is -1.98. The molecule has 1 aromatic carbocycles. The second kappa shape index (κ2) is 4.90. The van der Waals surface area contributed by atoms with E-state index in [0.29, 0.717) is 22.8 Å². The smallest absolute Gasteiger partial charge is 0.274 e. The summed E-state index contributed by atoms with van der Waals surface area (Å²) in [5.41, 5.74) is 0.668. The Balaban J connectivity index is 1.92. The van der Waals surface area contributed by atoms with Gasteiger partial charge in [-0.1, -0.05) is 12.1 Å². The van der Waals surface area contributed by atoms with Crippen molar-refractivity contribution >= 4 is 29.3 Å². The molecule has 1 saturated heterocycles. The van der Waals surface area contributed by atoms with Gasteiger partial charge in [-0.05, 0) is 36.5 Å². The van der Waals surface area contributed by atoms with E-state index >= 15 is 0 Å². The van der Waals surface area contributed by atoms with Crippen LogP contribution in [0.3, 0.4) is 0 Å². The molecule has 4 nitrogen and oxygen atoms in total. The van der Waals surface area contributed by atoms with Gasteiger partial charge in [0.1, 0.15) is 23.0 Å². The summed E-state index contributed by atoms with van der Waals surface area (Å²) in [5.74, 6) is 0.152. The van der Waals surface area contributed by atoms with E-state index in [4.69, 9.17) is 16.6 Å². The second-order valence-corrected chi connectivity index (χ2v) is 4.56. The lowest BCUT2D eigenvalue weighted by molar-refractivity contribution is -0.115. The Labute approximate surface area is 119 Å². The molecule has 0 aliphatic carbocycles. The third-order valence-electron chi connectivity index (χ3n) is 2.77. The Morgan fingerprint density at radius 2 is 1.95 bits per heavy atom. The maximum Gasteiger partial charge on any atom is 0.274 e. The molecule has 100 valence electrons. The van der Waals surface area contributed by atoms with E-state index < -0.39 is 0 Å². The van der Waals surface area contributed by atoms with Gasteiger partial charge in [-0.15, -0.1) is 0 Å². The van der Waals surface area contributed by atoms with Crippen LogP contribution in [-0.2, 0) is 4.79 Å². The van der Waals surface area contributed by atoms with E-state index in [1.807, 2.05) is 0 Å². The molecule has 0 radical (unpaired) electrons. The van der Waals surface area contributed by atoms with Gasteiger partial charge in [0.2, 0.25) is 0 Å². The third-order valence-corrected chi connectivity index (χ3v) is 2.98. The molecule has 2 N–H and O–H groups in total. The van der Waals surface area contributed by atoms with Gasteiger partial charge >= 0.3 is 0 Å². The lowest BCUT2D eigenvalue weighted by Crippen LogP contribution is -2.21. The Morgan fingerprint density at radius 3 is 2.65 bits per heavy atom. The van der Waals surface area contributed by atoms with Gasteiger partial charge in [-0.2, -0.15) is 0 Å². The zero-order chi connectivity index (χ0) is 14.1. The van der Waals surface area contributed by atoms with Crippen molar-refractivity contribution in [3.63, 3.8) is 0 Å². The van der Waals surface area contributed by atoms with Crippen LogP contribution >= 0.6 is 12.2 Å². The topological polar surface area (TPSA) is 54.3 Å². The van der Waals surface area contributed by atoms with Crippen LogP contribution in [0.1, 0.15) is 5.76 Å². The molecule has 3 rings (SSSR count). The number of halogens is 1. The average molecular weight is 288 g/mol. The maximum atomic E-state index is 13.6. The first-order valence-corrected chi connectivity index (χ1v) is 6.23. The number of benzene rings is 1. The van der Waals surface area contributed by atoms with Crippen LogP contribution in [0.2, 0.25) is 0 Å². The van der Waals surface area contributed by atoms with Crippen molar-refractivity contribution < 1.29 is 13.6 Å². The minimum Gasteiger partial charge on any atom is -0.457 e. The van der Waals surface area contributed by atoms with Gasteiger partial charge in [0.25, 0.3) is 5.91 Å². The molecule has 0 atom stereocenters. The van der Waals surface area contributed by atoms with Crippen molar-refractivity contribution in [2.75, 3.05) is 0 Å². The van der Waals surface area contributed by atoms with Gasteiger partial charge < -0.3 is 9.73 Å². The first kappa shape index (κ1) is 12.6. The van der Waals surface area contributed by atoms with Gasteiger partial charge in [-0.25, -0.2) is 4.39 Å². The van der Waals surface area contributed by atoms with Crippen molar-refractivity contribution in [1.29, 1.82) is 0 Å². The normalized spacial score (nSPS) is 16.4. The Bertz CT molecular complexity index is 736. The van der Waals surface area contributed by atoms with Gasteiger partial charge in [-0.3, -0.25) is 10.1 Å². The minimum absolute atomic E-state index is 0.252.